The van der Waals surface area contributed by atoms with Gasteiger partial charge in [0.1, 0.15) is 0 Å². The van der Waals surface area contributed by atoms with Gasteiger partial charge in [-0.2, -0.15) is 0 Å². The fourth-order valence-electron chi connectivity index (χ4n) is 4.54. The standard InChI is InChI=1S/C19H24N2O/c22-19-12-2-1-6-14(19)7-3-11-18(19)21-17-10-4-9-16-15(17)8-5-13-20-16/h4-5,8-10,13-14,18,21-22H,1-3,6-7,11-12H2/t14-,18+,19-/m1/s1. The molecule has 1 aromatic heterocycles. The van der Waals surface area contributed by atoms with Gasteiger partial charge in [0.2, 0.25) is 0 Å². The number of hydrogen-bond acceptors (Lipinski definition) is 3. The minimum absolute atomic E-state index is 0.164. The second kappa shape index (κ2) is 5.54. The van der Waals surface area contributed by atoms with Gasteiger partial charge in [0.15, 0.2) is 0 Å². The molecule has 0 aliphatic heterocycles. The van der Waals surface area contributed by atoms with Crippen LogP contribution in [0.3, 0.4) is 0 Å². The topological polar surface area (TPSA) is 45.1 Å². The van der Waals surface area contributed by atoms with Crippen LogP contribution < -0.4 is 5.32 Å². The summed E-state index contributed by atoms with van der Waals surface area (Å²) in [6.45, 7) is 0. The third kappa shape index (κ3) is 2.28. The summed E-state index contributed by atoms with van der Waals surface area (Å²) in [5, 5.41) is 16.1. The highest BCUT2D eigenvalue weighted by molar-refractivity contribution is 5.91. The molecule has 0 radical (unpaired) electrons. The molecular formula is C19H24N2O. The molecule has 2 aromatic rings. The van der Waals surface area contributed by atoms with Crippen LogP contribution in [-0.4, -0.2) is 21.7 Å². The molecule has 0 amide bonds. The normalized spacial score (nSPS) is 31.7. The largest absolute Gasteiger partial charge is 0.387 e. The zero-order valence-electron chi connectivity index (χ0n) is 13.0. The zero-order valence-corrected chi connectivity index (χ0v) is 13.0. The van der Waals surface area contributed by atoms with Gasteiger partial charge in [0.25, 0.3) is 0 Å². The van der Waals surface area contributed by atoms with Gasteiger partial charge in [-0.05, 0) is 55.9 Å². The van der Waals surface area contributed by atoms with Crippen LogP contribution in [0.25, 0.3) is 10.9 Å². The Balaban J connectivity index is 1.66. The van der Waals surface area contributed by atoms with Crippen LogP contribution in [0, 0.1) is 5.92 Å². The van der Waals surface area contributed by atoms with E-state index >= 15 is 0 Å². The van der Waals surface area contributed by atoms with E-state index in [2.05, 4.69) is 22.4 Å². The van der Waals surface area contributed by atoms with E-state index in [1.165, 1.54) is 25.7 Å². The molecule has 2 aliphatic carbocycles. The Morgan fingerprint density at radius 3 is 2.91 bits per heavy atom. The molecule has 4 rings (SSSR count). The summed E-state index contributed by atoms with van der Waals surface area (Å²) in [4.78, 5) is 4.43. The van der Waals surface area contributed by atoms with E-state index in [4.69, 9.17) is 0 Å². The molecule has 2 aliphatic rings. The van der Waals surface area contributed by atoms with E-state index in [-0.39, 0.29) is 6.04 Å². The average molecular weight is 296 g/mol. The Morgan fingerprint density at radius 2 is 1.95 bits per heavy atom. The van der Waals surface area contributed by atoms with Crippen molar-refractivity contribution in [2.75, 3.05) is 5.32 Å². The Hall–Kier alpha value is -1.61. The smallest absolute Gasteiger partial charge is 0.0875 e. The predicted molar refractivity (Wildman–Crippen MR) is 89.9 cm³/mol. The lowest BCUT2D eigenvalue weighted by Crippen LogP contribution is -2.56. The van der Waals surface area contributed by atoms with Gasteiger partial charge in [-0.15, -0.1) is 0 Å². The van der Waals surface area contributed by atoms with Crippen molar-refractivity contribution in [3.05, 3.63) is 36.5 Å². The number of benzene rings is 1. The van der Waals surface area contributed by atoms with Crippen molar-refractivity contribution in [2.45, 2.75) is 56.6 Å². The summed E-state index contributed by atoms with van der Waals surface area (Å²) in [5.41, 5.74) is 1.59. The van der Waals surface area contributed by atoms with Gasteiger partial charge >= 0.3 is 0 Å². The van der Waals surface area contributed by atoms with Crippen LogP contribution in [-0.2, 0) is 0 Å². The van der Waals surface area contributed by atoms with Gasteiger partial charge in [-0.3, -0.25) is 4.98 Å². The molecule has 2 saturated carbocycles. The first-order chi connectivity index (χ1) is 10.8. The molecule has 0 saturated heterocycles. The van der Waals surface area contributed by atoms with Gasteiger partial charge in [0, 0.05) is 17.3 Å². The number of pyridine rings is 1. The molecule has 3 nitrogen and oxygen atoms in total. The Bertz CT molecular complexity index is 664. The first-order valence-electron chi connectivity index (χ1n) is 8.60. The maximum atomic E-state index is 11.3. The molecule has 2 fully saturated rings. The van der Waals surface area contributed by atoms with Gasteiger partial charge in [-0.25, -0.2) is 0 Å². The first-order valence-corrected chi connectivity index (χ1v) is 8.60. The molecule has 0 bridgehead atoms. The Kier molecular flexibility index (Phi) is 3.53. The molecule has 3 atom stereocenters. The number of nitrogens with one attached hydrogen (secondary N) is 1. The van der Waals surface area contributed by atoms with Crippen LogP contribution >= 0.6 is 0 Å². The molecule has 116 valence electrons. The van der Waals surface area contributed by atoms with Crippen molar-refractivity contribution in [2.24, 2.45) is 5.92 Å². The van der Waals surface area contributed by atoms with Crippen molar-refractivity contribution < 1.29 is 5.11 Å². The summed E-state index contributed by atoms with van der Waals surface area (Å²) < 4.78 is 0. The fourth-order valence-corrected chi connectivity index (χ4v) is 4.54. The van der Waals surface area contributed by atoms with E-state index in [0.29, 0.717) is 5.92 Å². The third-order valence-corrected chi connectivity index (χ3v) is 5.71. The summed E-state index contributed by atoms with van der Waals surface area (Å²) in [7, 11) is 0. The number of rotatable bonds is 2. The van der Waals surface area contributed by atoms with Gasteiger partial charge in [-0.1, -0.05) is 25.3 Å². The summed E-state index contributed by atoms with van der Waals surface area (Å²) in [6, 6.07) is 10.4. The fraction of sp³-hybridized carbons (Fsp3) is 0.526. The lowest BCUT2D eigenvalue weighted by atomic mass is 9.65. The number of hydrogen-bond donors (Lipinski definition) is 2. The third-order valence-electron chi connectivity index (χ3n) is 5.71. The average Bonchev–Trinajstić information content (AvgIpc) is 2.56. The monoisotopic (exact) mass is 296 g/mol. The van der Waals surface area contributed by atoms with Crippen LogP contribution in [0.4, 0.5) is 5.69 Å². The first kappa shape index (κ1) is 14.0. The molecule has 2 N–H and O–H groups in total. The molecule has 22 heavy (non-hydrogen) atoms. The second-order valence-electron chi connectivity index (χ2n) is 6.94. The van der Waals surface area contributed by atoms with E-state index < -0.39 is 5.60 Å². The Morgan fingerprint density at radius 1 is 1.05 bits per heavy atom. The number of anilines is 1. The molecule has 0 unspecified atom stereocenters. The lowest BCUT2D eigenvalue weighted by Gasteiger charge is -2.49. The summed E-state index contributed by atoms with van der Waals surface area (Å²) in [5.74, 6) is 0.473. The highest BCUT2D eigenvalue weighted by Crippen LogP contribution is 2.45. The SMILES string of the molecule is O[C@]12CCCC[C@@H]1CCC[C@@H]2Nc1cccc2ncccc12. The lowest BCUT2D eigenvalue weighted by molar-refractivity contribution is -0.0835. The second-order valence-corrected chi connectivity index (χ2v) is 6.94. The van der Waals surface area contributed by atoms with E-state index in [0.717, 1.165) is 35.9 Å². The maximum absolute atomic E-state index is 11.3. The minimum atomic E-state index is -0.527. The van der Waals surface area contributed by atoms with E-state index in [9.17, 15) is 5.11 Å². The van der Waals surface area contributed by atoms with E-state index in [1.807, 2.05) is 24.4 Å². The summed E-state index contributed by atoms with van der Waals surface area (Å²) in [6.07, 6.45) is 9.85. The quantitative estimate of drug-likeness (QED) is 0.876. The van der Waals surface area contributed by atoms with Crippen LogP contribution in [0.1, 0.15) is 44.9 Å². The van der Waals surface area contributed by atoms with Crippen LogP contribution in [0.5, 0.6) is 0 Å². The zero-order chi connectivity index (χ0) is 15.0. The molecular weight excluding hydrogens is 272 g/mol. The minimum Gasteiger partial charge on any atom is -0.387 e. The highest BCUT2D eigenvalue weighted by atomic mass is 16.3. The van der Waals surface area contributed by atoms with Crippen molar-refractivity contribution in [3.8, 4) is 0 Å². The van der Waals surface area contributed by atoms with Gasteiger partial charge in [0.05, 0.1) is 17.2 Å². The van der Waals surface area contributed by atoms with Gasteiger partial charge < -0.3 is 10.4 Å². The number of aromatic nitrogens is 1. The van der Waals surface area contributed by atoms with E-state index in [1.54, 1.807) is 0 Å². The van der Waals surface area contributed by atoms with Crippen molar-refractivity contribution in [1.29, 1.82) is 0 Å². The molecule has 1 aromatic carbocycles. The van der Waals surface area contributed by atoms with Crippen LogP contribution in [0.2, 0.25) is 0 Å². The van der Waals surface area contributed by atoms with Crippen molar-refractivity contribution in [1.82, 2.24) is 4.98 Å². The highest BCUT2D eigenvalue weighted by Gasteiger charge is 2.47. The summed E-state index contributed by atoms with van der Waals surface area (Å²) >= 11 is 0. The van der Waals surface area contributed by atoms with Crippen LogP contribution in [0.15, 0.2) is 36.5 Å². The molecule has 0 spiro atoms. The number of aliphatic hydroxyl groups is 1. The molecule has 1 heterocycles. The predicted octanol–water partition coefficient (Wildman–Crippen LogP) is 4.12. The number of fused-ring (bicyclic) bond motifs is 2. The van der Waals surface area contributed by atoms with Crippen molar-refractivity contribution in [3.63, 3.8) is 0 Å². The Labute approximate surface area is 131 Å². The number of nitrogens with zero attached hydrogens (tertiary/aromatic N) is 1. The van der Waals surface area contributed by atoms with Crippen molar-refractivity contribution >= 4 is 16.6 Å². The molecule has 3 heteroatoms. The maximum Gasteiger partial charge on any atom is 0.0875 e.